The van der Waals surface area contributed by atoms with Crippen LogP contribution in [0.25, 0.3) is 0 Å². The molecule has 0 aliphatic carbocycles. The summed E-state index contributed by atoms with van der Waals surface area (Å²) in [5.41, 5.74) is 2.20. The van der Waals surface area contributed by atoms with E-state index in [1.165, 1.54) is 12.1 Å². The first-order valence-corrected chi connectivity index (χ1v) is 10.3. The molecule has 0 saturated heterocycles. The minimum atomic E-state index is -0.811. The molecular formula is C25H26FN3O2. The van der Waals surface area contributed by atoms with Crippen molar-refractivity contribution in [2.24, 2.45) is 0 Å². The standard InChI is InChI=1S/C25H26FN3O2/c1-2-8-23(30)29(18-19-12-14-21(26)15-13-19)24(20-9-4-3-5-10-20)25(31)28-17-22-11-6-7-16-27-22/h3-7,9-16,24H,2,8,17-18H2,1H3,(H,28,31). The van der Waals surface area contributed by atoms with E-state index in [-0.39, 0.29) is 30.7 Å². The number of aromatic nitrogens is 1. The number of carbonyl (C=O) groups excluding carboxylic acids is 2. The summed E-state index contributed by atoms with van der Waals surface area (Å²) in [5, 5.41) is 2.91. The molecule has 3 aromatic rings. The largest absolute Gasteiger partial charge is 0.348 e. The molecule has 2 aromatic carbocycles. The van der Waals surface area contributed by atoms with Crippen molar-refractivity contribution in [3.8, 4) is 0 Å². The Bertz CT molecular complexity index is 979. The molecule has 0 fully saturated rings. The van der Waals surface area contributed by atoms with Crippen molar-refractivity contribution < 1.29 is 14.0 Å². The van der Waals surface area contributed by atoms with Gasteiger partial charge in [-0.2, -0.15) is 0 Å². The van der Waals surface area contributed by atoms with Crippen LogP contribution in [0.1, 0.15) is 42.6 Å². The summed E-state index contributed by atoms with van der Waals surface area (Å²) in [5.74, 6) is -0.764. The van der Waals surface area contributed by atoms with Crippen molar-refractivity contribution in [2.45, 2.75) is 38.9 Å². The van der Waals surface area contributed by atoms with Gasteiger partial charge in [0.1, 0.15) is 11.9 Å². The highest BCUT2D eigenvalue weighted by molar-refractivity contribution is 5.88. The van der Waals surface area contributed by atoms with E-state index in [0.717, 1.165) is 11.3 Å². The van der Waals surface area contributed by atoms with Crippen LogP contribution in [0.15, 0.2) is 79.0 Å². The van der Waals surface area contributed by atoms with Crippen LogP contribution < -0.4 is 5.32 Å². The molecule has 1 aromatic heterocycles. The fourth-order valence-corrected chi connectivity index (χ4v) is 3.35. The van der Waals surface area contributed by atoms with Crippen molar-refractivity contribution >= 4 is 11.8 Å². The number of carbonyl (C=O) groups is 2. The van der Waals surface area contributed by atoms with Crippen LogP contribution in [0.3, 0.4) is 0 Å². The SMILES string of the molecule is CCCC(=O)N(Cc1ccc(F)cc1)C(C(=O)NCc1ccccn1)c1ccccc1. The molecule has 1 unspecified atom stereocenters. The minimum absolute atomic E-state index is 0.131. The second-order valence-corrected chi connectivity index (χ2v) is 7.25. The van der Waals surface area contributed by atoms with Gasteiger partial charge in [0.2, 0.25) is 11.8 Å². The van der Waals surface area contributed by atoms with E-state index >= 15 is 0 Å². The van der Waals surface area contributed by atoms with Crippen molar-refractivity contribution in [2.75, 3.05) is 0 Å². The summed E-state index contributed by atoms with van der Waals surface area (Å²) < 4.78 is 13.4. The Kier molecular flexibility index (Phi) is 7.87. The Labute approximate surface area is 181 Å². The highest BCUT2D eigenvalue weighted by Crippen LogP contribution is 2.25. The number of benzene rings is 2. The van der Waals surface area contributed by atoms with E-state index in [4.69, 9.17) is 0 Å². The van der Waals surface area contributed by atoms with Gasteiger partial charge in [0.15, 0.2) is 0 Å². The Hall–Kier alpha value is -3.54. The van der Waals surface area contributed by atoms with Gasteiger partial charge in [-0.25, -0.2) is 4.39 Å². The maximum absolute atomic E-state index is 13.4. The number of pyridine rings is 1. The monoisotopic (exact) mass is 419 g/mol. The maximum Gasteiger partial charge on any atom is 0.247 e. The molecule has 0 aliphatic heterocycles. The summed E-state index contributed by atoms with van der Waals surface area (Å²) >= 11 is 0. The molecule has 0 bridgehead atoms. The van der Waals surface area contributed by atoms with E-state index in [1.807, 2.05) is 55.5 Å². The second-order valence-electron chi connectivity index (χ2n) is 7.25. The zero-order valence-electron chi connectivity index (χ0n) is 17.5. The molecule has 6 heteroatoms. The van der Waals surface area contributed by atoms with Crippen molar-refractivity contribution in [1.82, 2.24) is 15.2 Å². The van der Waals surface area contributed by atoms with E-state index in [1.54, 1.807) is 23.2 Å². The van der Waals surface area contributed by atoms with E-state index in [2.05, 4.69) is 10.3 Å². The number of rotatable bonds is 9. The van der Waals surface area contributed by atoms with Gasteiger partial charge in [-0.3, -0.25) is 14.6 Å². The van der Waals surface area contributed by atoms with Crippen LogP contribution in [-0.2, 0) is 22.7 Å². The van der Waals surface area contributed by atoms with Crippen molar-refractivity contribution in [1.29, 1.82) is 0 Å². The first-order chi connectivity index (χ1) is 15.1. The van der Waals surface area contributed by atoms with Crippen LogP contribution in [0.4, 0.5) is 4.39 Å². The Morgan fingerprint density at radius 3 is 2.35 bits per heavy atom. The summed E-state index contributed by atoms with van der Waals surface area (Å²) in [7, 11) is 0. The first kappa shape index (κ1) is 22.2. The maximum atomic E-state index is 13.4. The van der Waals surface area contributed by atoms with Crippen LogP contribution in [0.5, 0.6) is 0 Å². The minimum Gasteiger partial charge on any atom is -0.348 e. The fraction of sp³-hybridized carbons (Fsp3) is 0.240. The molecule has 0 aliphatic rings. The molecule has 5 nitrogen and oxygen atoms in total. The Morgan fingerprint density at radius 2 is 1.71 bits per heavy atom. The van der Waals surface area contributed by atoms with Crippen molar-refractivity contribution in [3.05, 3.63) is 102 Å². The average molecular weight is 420 g/mol. The first-order valence-electron chi connectivity index (χ1n) is 10.3. The van der Waals surface area contributed by atoms with Crippen LogP contribution in [0, 0.1) is 5.82 Å². The van der Waals surface area contributed by atoms with Crippen LogP contribution in [-0.4, -0.2) is 21.7 Å². The molecule has 1 atom stereocenters. The third-order valence-electron chi connectivity index (χ3n) is 4.90. The number of halogens is 1. The molecule has 0 saturated carbocycles. The topological polar surface area (TPSA) is 62.3 Å². The molecule has 160 valence electrons. The third kappa shape index (κ3) is 6.22. The lowest BCUT2D eigenvalue weighted by atomic mass is 10.0. The van der Waals surface area contributed by atoms with E-state index in [9.17, 15) is 14.0 Å². The van der Waals surface area contributed by atoms with Gasteiger partial charge in [0.05, 0.1) is 12.2 Å². The Balaban J connectivity index is 1.91. The predicted octanol–water partition coefficient (Wildman–Crippen LogP) is 4.41. The number of hydrogen-bond acceptors (Lipinski definition) is 3. The Morgan fingerprint density at radius 1 is 1.00 bits per heavy atom. The smallest absolute Gasteiger partial charge is 0.247 e. The highest BCUT2D eigenvalue weighted by Gasteiger charge is 2.31. The molecule has 0 radical (unpaired) electrons. The summed E-state index contributed by atoms with van der Waals surface area (Å²) in [6.07, 6.45) is 2.65. The van der Waals surface area contributed by atoms with Gasteiger partial charge >= 0.3 is 0 Å². The molecule has 3 rings (SSSR count). The van der Waals surface area contributed by atoms with Crippen LogP contribution in [0.2, 0.25) is 0 Å². The van der Waals surface area contributed by atoms with Gasteiger partial charge in [-0.1, -0.05) is 55.5 Å². The highest BCUT2D eigenvalue weighted by atomic mass is 19.1. The van der Waals surface area contributed by atoms with Gasteiger partial charge < -0.3 is 10.2 Å². The molecule has 31 heavy (non-hydrogen) atoms. The average Bonchev–Trinajstić information content (AvgIpc) is 2.80. The zero-order valence-corrected chi connectivity index (χ0v) is 17.5. The molecule has 0 spiro atoms. The predicted molar refractivity (Wildman–Crippen MR) is 117 cm³/mol. The lowest BCUT2D eigenvalue weighted by molar-refractivity contribution is -0.141. The number of amides is 2. The molecule has 1 heterocycles. The van der Waals surface area contributed by atoms with Crippen molar-refractivity contribution in [3.63, 3.8) is 0 Å². The zero-order chi connectivity index (χ0) is 22.1. The lowest BCUT2D eigenvalue weighted by Gasteiger charge is -2.31. The van der Waals surface area contributed by atoms with Gasteiger partial charge in [0.25, 0.3) is 0 Å². The summed E-state index contributed by atoms with van der Waals surface area (Å²) in [6.45, 7) is 2.39. The van der Waals surface area contributed by atoms with Gasteiger partial charge in [-0.15, -0.1) is 0 Å². The van der Waals surface area contributed by atoms with E-state index < -0.39 is 6.04 Å². The second kappa shape index (κ2) is 11.0. The molecular weight excluding hydrogens is 393 g/mol. The van der Waals surface area contributed by atoms with Gasteiger partial charge in [0, 0.05) is 19.2 Å². The summed E-state index contributed by atoms with van der Waals surface area (Å²) in [6, 6.07) is 19.9. The number of nitrogens with one attached hydrogen (secondary N) is 1. The molecule has 1 N–H and O–H groups in total. The van der Waals surface area contributed by atoms with Gasteiger partial charge in [-0.05, 0) is 41.8 Å². The third-order valence-corrected chi connectivity index (χ3v) is 4.90. The number of nitrogens with zero attached hydrogens (tertiary/aromatic N) is 2. The quantitative estimate of drug-likeness (QED) is 0.559. The van der Waals surface area contributed by atoms with E-state index in [0.29, 0.717) is 18.4 Å². The molecule has 2 amide bonds. The normalized spacial score (nSPS) is 11.5. The number of hydrogen-bond donors (Lipinski definition) is 1. The fourth-order valence-electron chi connectivity index (χ4n) is 3.35. The lowest BCUT2D eigenvalue weighted by Crippen LogP contribution is -2.43. The summed E-state index contributed by atoms with van der Waals surface area (Å²) in [4.78, 5) is 32.2. The van der Waals surface area contributed by atoms with Crippen LogP contribution >= 0.6 is 0 Å².